The first kappa shape index (κ1) is 11.7. The Hall–Kier alpha value is -1.42. The molecule has 98 valence electrons. The van der Waals surface area contributed by atoms with Crippen LogP contribution in [0.1, 0.15) is 25.3 Å². The molecule has 4 nitrogen and oxygen atoms in total. The van der Waals surface area contributed by atoms with Gasteiger partial charge in [0.2, 0.25) is 0 Å². The minimum Gasteiger partial charge on any atom is -0.496 e. The molecule has 2 N–H and O–H groups in total. The second kappa shape index (κ2) is 4.05. The van der Waals surface area contributed by atoms with Crippen molar-refractivity contribution in [2.24, 2.45) is 5.73 Å². The predicted octanol–water partition coefficient (Wildman–Crippen LogP) is 1.85. The first-order valence-corrected chi connectivity index (χ1v) is 6.41. The molecule has 4 heteroatoms. The molecule has 1 aliphatic carbocycles. The molecule has 1 fully saturated rings. The lowest BCUT2D eigenvalue weighted by molar-refractivity contribution is 0.170. The molecule has 1 saturated carbocycles. The Labute approximate surface area is 107 Å². The van der Waals surface area contributed by atoms with E-state index in [9.17, 15) is 0 Å². The maximum atomic E-state index is 6.14. The molecule has 3 rings (SSSR count). The van der Waals surface area contributed by atoms with Gasteiger partial charge < -0.3 is 19.9 Å². The van der Waals surface area contributed by atoms with Crippen LogP contribution in [0.15, 0.2) is 12.1 Å². The van der Waals surface area contributed by atoms with Crippen molar-refractivity contribution in [3.05, 3.63) is 17.7 Å². The zero-order valence-corrected chi connectivity index (χ0v) is 10.9. The average Bonchev–Trinajstić information content (AvgIpc) is 3.18. The third-order valence-electron chi connectivity index (χ3n) is 4.06. The van der Waals surface area contributed by atoms with Crippen LogP contribution < -0.4 is 19.9 Å². The van der Waals surface area contributed by atoms with E-state index in [1.165, 1.54) is 0 Å². The highest BCUT2D eigenvalue weighted by molar-refractivity contribution is 5.56. The van der Waals surface area contributed by atoms with Gasteiger partial charge in [-0.2, -0.15) is 0 Å². The monoisotopic (exact) mass is 249 g/mol. The highest BCUT2D eigenvalue weighted by Crippen LogP contribution is 2.55. The molecule has 0 amide bonds. The van der Waals surface area contributed by atoms with Crippen LogP contribution in [0.2, 0.25) is 0 Å². The van der Waals surface area contributed by atoms with Gasteiger partial charge in [-0.25, -0.2) is 0 Å². The second-order valence-corrected chi connectivity index (χ2v) is 5.14. The first-order valence-electron chi connectivity index (χ1n) is 6.41. The molecule has 0 saturated heterocycles. The molecule has 2 aliphatic rings. The molecule has 1 aromatic rings. The van der Waals surface area contributed by atoms with Crippen LogP contribution in [0.25, 0.3) is 0 Å². The van der Waals surface area contributed by atoms with Crippen LogP contribution in [0.5, 0.6) is 17.2 Å². The summed E-state index contributed by atoms with van der Waals surface area (Å²) in [6.07, 6.45) is 2.22. The van der Waals surface area contributed by atoms with Crippen molar-refractivity contribution in [1.82, 2.24) is 0 Å². The van der Waals surface area contributed by atoms with E-state index in [1.807, 2.05) is 12.1 Å². The summed E-state index contributed by atoms with van der Waals surface area (Å²) in [5, 5.41) is 0. The van der Waals surface area contributed by atoms with Gasteiger partial charge in [0.05, 0.1) is 7.11 Å². The van der Waals surface area contributed by atoms with E-state index in [0.717, 1.165) is 35.7 Å². The molecular formula is C14H19NO3. The molecule has 1 heterocycles. The van der Waals surface area contributed by atoms with Crippen molar-refractivity contribution in [3.8, 4) is 17.2 Å². The second-order valence-electron chi connectivity index (χ2n) is 5.14. The van der Waals surface area contributed by atoms with E-state index in [4.69, 9.17) is 19.9 Å². The Morgan fingerprint density at radius 1 is 1.22 bits per heavy atom. The predicted molar refractivity (Wildman–Crippen MR) is 68.5 cm³/mol. The molecule has 1 atom stereocenters. The van der Waals surface area contributed by atoms with Gasteiger partial charge in [-0.05, 0) is 25.8 Å². The number of methoxy groups -OCH3 is 1. The van der Waals surface area contributed by atoms with E-state index < -0.39 is 0 Å². The Morgan fingerprint density at radius 3 is 2.33 bits per heavy atom. The van der Waals surface area contributed by atoms with E-state index in [1.54, 1.807) is 7.11 Å². The van der Waals surface area contributed by atoms with Crippen molar-refractivity contribution in [3.63, 3.8) is 0 Å². The van der Waals surface area contributed by atoms with Crippen molar-refractivity contribution in [2.75, 3.05) is 20.3 Å². The molecule has 1 aromatic carbocycles. The number of rotatable bonds is 3. The van der Waals surface area contributed by atoms with Gasteiger partial charge in [0.15, 0.2) is 11.5 Å². The molecule has 0 radical (unpaired) electrons. The number of nitrogens with two attached hydrogens (primary N) is 1. The summed E-state index contributed by atoms with van der Waals surface area (Å²) in [6.45, 7) is 3.25. The van der Waals surface area contributed by atoms with Crippen molar-refractivity contribution < 1.29 is 14.2 Å². The van der Waals surface area contributed by atoms with Crippen LogP contribution in [0.3, 0.4) is 0 Å². The fourth-order valence-corrected chi connectivity index (χ4v) is 2.73. The van der Waals surface area contributed by atoms with Crippen LogP contribution in [-0.4, -0.2) is 26.4 Å². The average molecular weight is 249 g/mol. The van der Waals surface area contributed by atoms with Crippen molar-refractivity contribution >= 4 is 0 Å². The topological polar surface area (TPSA) is 53.7 Å². The largest absolute Gasteiger partial charge is 0.496 e. The third-order valence-corrected chi connectivity index (χ3v) is 4.06. The lowest BCUT2D eigenvalue weighted by atomic mass is 9.88. The van der Waals surface area contributed by atoms with Crippen LogP contribution >= 0.6 is 0 Å². The van der Waals surface area contributed by atoms with Crippen LogP contribution in [-0.2, 0) is 5.41 Å². The molecule has 18 heavy (non-hydrogen) atoms. The van der Waals surface area contributed by atoms with Crippen LogP contribution in [0.4, 0.5) is 0 Å². The van der Waals surface area contributed by atoms with Gasteiger partial charge in [0.1, 0.15) is 19.0 Å². The highest BCUT2D eigenvalue weighted by atomic mass is 16.6. The van der Waals surface area contributed by atoms with Gasteiger partial charge in [-0.3, -0.25) is 0 Å². The van der Waals surface area contributed by atoms with E-state index in [2.05, 4.69) is 6.92 Å². The van der Waals surface area contributed by atoms with Gasteiger partial charge in [0, 0.05) is 23.1 Å². The number of fused-ring (bicyclic) bond motifs is 1. The zero-order valence-electron chi connectivity index (χ0n) is 10.9. The van der Waals surface area contributed by atoms with Crippen molar-refractivity contribution in [2.45, 2.75) is 31.2 Å². The summed E-state index contributed by atoms with van der Waals surface area (Å²) in [6, 6.07) is 4.09. The Morgan fingerprint density at radius 2 is 1.83 bits per heavy atom. The smallest absolute Gasteiger partial charge is 0.165 e. The quantitative estimate of drug-likeness (QED) is 0.888. The van der Waals surface area contributed by atoms with E-state index >= 15 is 0 Å². The number of benzene rings is 1. The molecular weight excluding hydrogens is 230 g/mol. The lowest BCUT2D eigenvalue weighted by Gasteiger charge is -2.26. The minimum absolute atomic E-state index is 0.0567. The number of hydrogen-bond acceptors (Lipinski definition) is 4. The maximum absolute atomic E-state index is 6.14. The van der Waals surface area contributed by atoms with E-state index in [-0.39, 0.29) is 11.5 Å². The fourth-order valence-electron chi connectivity index (χ4n) is 2.73. The van der Waals surface area contributed by atoms with Crippen LogP contribution in [0, 0.1) is 0 Å². The molecule has 0 aromatic heterocycles. The maximum Gasteiger partial charge on any atom is 0.165 e. The summed E-state index contributed by atoms with van der Waals surface area (Å²) in [5.41, 5.74) is 7.35. The zero-order chi connectivity index (χ0) is 12.8. The summed E-state index contributed by atoms with van der Waals surface area (Å²) >= 11 is 0. The Balaban J connectivity index is 2.08. The molecule has 1 aliphatic heterocycles. The number of ether oxygens (including phenoxy) is 3. The number of hydrogen-bond donors (Lipinski definition) is 1. The molecule has 1 unspecified atom stereocenters. The Bertz CT molecular complexity index is 466. The summed E-state index contributed by atoms with van der Waals surface area (Å²) in [4.78, 5) is 0. The Kier molecular flexibility index (Phi) is 2.63. The normalized spacial score (nSPS) is 21.3. The molecule has 0 bridgehead atoms. The standard InChI is InChI=1S/C14H19NO3/c1-9(15)14(3-4-14)10-7-12-13(8-11(10)16-2)18-6-5-17-12/h7-9H,3-6,15H2,1-2H3. The van der Waals surface area contributed by atoms with Gasteiger partial charge >= 0.3 is 0 Å². The highest BCUT2D eigenvalue weighted by Gasteiger charge is 2.49. The van der Waals surface area contributed by atoms with Crippen molar-refractivity contribution in [1.29, 1.82) is 0 Å². The molecule has 0 spiro atoms. The van der Waals surface area contributed by atoms with Gasteiger partial charge in [0.25, 0.3) is 0 Å². The summed E-state index contributed by atoms with van der Waals surface area (Å²) < 4.78 is 16.7. The summed E-state index contributed by atoms with van der Waals surface area (Å²) in [7, 11) is 1.69. The third kappa shape index (κ3) is 1.63. The van der Waals surface area contributed by atoms with Gasteiger partial charge in [-0.1, -0.05) is 0 Å². The summed E-state index contributed by atoms with van der Waals surface area (Å²) in [5.74, 6) is 2.43. The minimum atomic E-state index is 0.0567. The van der Waals surface area contributed by atoms with E-state index in [0.29, 0.717) is 13.2 Å². The SMILES string of the molecule is COc1cc2c(cc1C1(C(C)N)CC1)OCCO2. The fraction of sp³-hybridized carbons (Fsp3) is 0.571. The lowest BCUT2D eigenvalue weighted by Crippen LogP contribution is -2.32. The van der Waals surface area contributed by atoms with Gasteiger partial charge in [-0.15, -0.1) is 0 Å². The first-order chi connectivity index (χ1) is 8.67.